The second-order valence-electron chi connectivity index (χ2n) is 8.13. The topological polar surface area (TPSA) is 200 Å². The maximum atomic E-state index is 12.8. The molecule has 0 amide bonds. The number of carbonyl (C=O) groups is 1. The van der Waals surface area contributed by atoms with E-state index in [0.717, 1.165) is 18.4 Å². The fraction of sp³-hybridized carbons (Fsp3) is 0.167. The minimum absolute atomic E-state index is 0.104. The number of benzene rings is 3. The molecule has 0 unspecified atom stereocenters. The predicted molar refractivity (Wildman–Crippen MR) is 139 cm³/mol. The number of hydrogen-bond acceptors (Lipinski definition) is 8. The lowest BCUT2D eigenvalue weighted by atomic mass is 10.0. The zero-order chi connectivity index (χ0) is 27.4. The van der Waals surface area contributed by atoms with E-state index in [2.05, 4.69) is 10.0 Å². The Bertz CT molecular complexity index is 1570. The molecule has 196 valence electrons. The van der Waals surface area contributed by atoms with Crippen LogP contribution in [0.1, 0.15) is 11.1 Å². The van der Waals surface area contributed by atoms with Gasteiger partial charge in [-0.25, -0.2) is 21.6 Å². The van der Waals surface area contributed by atoms with Gasteiger partial charge in [-0.1, -0.05) is 30.3 Å². The number of phenols is 1. The fourth-order valence-corrected chi connectivity index (χ4v) is 5.68. The van der Waals surface area contributed by atoms with Crippen LogP contribution in [0.25, 0.3) is 11.1 Å². The van der Waals surface area contributed by atoms with Crippen molar-refractivity contribution in [1.82, 2.24) is 4.72 Å². The smallest absolute Gasteiger partial charge is 0.322 e. The van der Waals surface area contributed by atoms with Crippen LogP contribution in [-0.2, 0) is 31.1 Å². The molecule has 0 atom stereocenters. The number of aromatic hydroxyl groups is 1. The molecule has 37 heavy (non-hydrogen) atoms. The molecule has 3 rings (SSSR count). The molecule has 11 nitrogen and oxygen atoms in total. The van der Waals surface area contributed by atoms with Crippen LogP contribution in [0.4, 0.5) is 5.69 Å². The number of aliphatic carboxylic acids is 1. The van der Waals surface area contributed by atoms with E-state index < -0.39 is 43.0 Å². The van der Waals surface area contributed by atoms with Crippen molar-refractivity contribution in [3.63, 3.8) is 0 Å². The first kappa shape index (κ1) is 27.6. The molecule has 0 fully saturated rings. The van der Waals surface area contributed by atoms with Crippen LogP contribution in [-0.4, -0.2) is 58.2 Å². The molecular weight excluding hydrogens is 520 g/mol. The van der Waals surface area contributed by atoms with Crippen LogP contribution < -0.4 is 15.8 Å². The molecule has 0 saturated heterocycles. The third-order valence-electron chi connectivity index (χ3n) is 5.38. The van der Waals surface area contributed by atoms with E-state index in [-0.39, 0.29) is 29.3 Å². The molecule has 0 heterocycles. The number of nitrogen functional groups attached to an aromatic ring is 1. The maximum Gasteiger partial charge on any atom is 0.322 e. The van der Waals surface area contributed by atoms with Crippen molar-refractivity contribution in [1.29, 1.82) is 5.41 Å². The summed E-state index contributed by atoms with van der Waals surface area (Å²) in [5.41, 5.74) is 7.48. The Morgan fingerprint density at radius 2 is 1.70 bits per heavy atom. The van der Waals surface area contributed by atoms with Crippen LogP contribution in [0.2, 0.25) is 0 Å². The van der Waals surface area contributed by atoms with Gasteiger partial charge in [-0.05, 0) is 47.9 Å². The highest BCUT2D eigenvalue weighted by Crippen LogP contribution is 2.31. The Hall–Kier alpha value is -3.94. The third-order valence-corrected chi connectivity index (χ3v) is 8.03. The summed E-state index contributed by atoms with van der Waals surface area (Å²) in [5.74, 6) is -1.98. The van der Waals surface area contributed by atoms with Crippen molar-refractivity contribution in [2.75, 3.05) is 24.7 Å². The highest BCUT2D eigenvalue weighted by atomic mass is 32.2. The van der Waals surface area contributed by atoms with Crippen molar-refractivity contribution in [3.8, 4) is 16.9 Å². The number of sulfone groups is 1. The lowest BCUT2D eigenvalue weighted by Crippen LogP contribution is -2.27. The molecule has 0 radical (unpaired) electrons. The molecule has 0 spiro atoms. The standard InChI is InChI=1S/C24H26N4O7S2/c1-36(32,33)21-5-3-2-4-18(21)16-7-6-15(19(12-16)27-14-23(30)31)10-11-28-37(34,35)22-13-17(24(25)26)8-9-20(22)29/h2-9,12-13,27-29H,10-11,14H2,1H3,(H3,25,26)(H,30,31). The van der Waals surface area contributed by atoms with Gasteiger partial charge in [0.2, 0.25) is 10.0 Å². The Labute approximate surface area is 214 Å². The van der Waals surface area contributed by atoms with Crippen LogP contribution >= 0.6 is 0 Å². The number of amidine groups is 1. The number of carboxylic acid groups (broad SMARTS) is 1. The van der Waals surface area contributed by atoms with Crippen LogP contribution in [0.15, 0.2) is 70.5 Å². The Morgan fingerprint density at radius 3 is 2.35 bits per heavy atom. The average Bonchev–Trinajstić information content (AvgIpc) is 2.82. The van der Waals surface area contributed by atoms with Crippen molar-refractivity contribution in [2.45, 2.75) is 16.2 Å². The zero-order valence-corrected chi connectivity index (χ0v) is 21.4. The number of hydrogen-bond donors (Lipinski definition) is 6. The first-order chi connectivity index (χ1) is 17.3. The first-order valence-electron chi connectivity index (χ1n) is 10.8. The predicted octanol–water partition coefficient (Wildman–Crippen LogP) is 1.76. The van der Waals surface area contributed by atoms with Gasteiger partial charge in [-0.15, -0.1) is 0 Å². The van der Waals surface area contributed by atoms with Gasteiger partial charge in [0, 0.05) is 29.6 Å². The lowest BCUT2D eigenvalue weighted by molar-refractivity contribution is -0.134. The lowest BCUT2D eigenvalue weighted by Gasteiger charge is -2.15. The van der Waals surface area contributed by atoms with E-state index in [1.165, 1.54) is 12.1 Å². The molecule has 13 heteroatoms. The molecule has 0 aromatic heterocycles. The van der Waals surface area contributed by atoms with E-state index in [4.69, 9.17) is 16.2 Å². The van der Waals surface area contributed by atoms with Crippen molar-refractivity contribution < 1.29 is 31.8 Å². The summed E-state index contributed by atoms with van der Waals surface area (Å²) in [5, 5.41) is 29.4. The summed E-state index contributed by atoms with van der Waals surface area (Å²) < 4.78 is 52.4. The van der Waals surface area contributed by atoms with E-state index in [9.17, 15) is 26.7 Å². The largest absolute Gasteiger partial charge is 0.507 e. The van der Waals surface area contributed by atoms with Crippen molar-refractivity contribution in [3.05, 3.63) is 71.8 Å². The summed E-state index contributed by atoms with van der Waals surface area (Å²) >= 11 is 0. The summed E-state index contributed by atoms with van der Waals surface area (Å²) in [4.78, 5) is 10.8. The van der Waals surface area contributed by atoms with Gasteiger partial charge in [0.15, 0.2) is 9.84 Å². The highest BCUT2D eigenvalue weighted by Gasteiger charge is 2.20. The molecule has 3 aromatic carbocycles. The van der Waals surface area contributed by atoms with Crippen LogP contribution in [0.3, 0.4) is 0 Å². The third kappa shape index (κ3) is 6.84. The van der Waals surface area contributed by atoms with Crippen molar-refractivity contribution in [2.24, 2.45) is 5.73 Å². The van der Waals surface area contributed by atoms with Gasteiger partial charge in [0.05, 0.1) is 4.90 Å². The second-order valence-corrected chi connectivity index (χ2v) is 11.9. The van der Waals surface area contributed by atoms with Gasteiger partial charge >= 0.3 is 5.97 Å². The van der Waals surface area contributed by atoms with Crippen molar-refractivity contribution >= 4 is 37.4 Å². The highest BCUT2D eigenvalue weighted by molar-refractivity contribution is 7.91. The summed E-state index contributed by atoms with van der Waals surface area (Å²) in [6.07, 6.45) is 1.24. The second kappa shape index (κ2) is 11.0. The van der Waals surface area contributed by atoms with E-state index in [0.29, 0.717) is 22.4 Å². The van der Waals surface area contributed by atoms with Crippen LogP contribution in [0, 0.1) is 5.41 Å². The normalized spacial score (nSPS) is 11.7. The number of rotatable bonds is 11. The fourth-order valence-electron chi connectivity index (χ4n) is 3.62. The molecule has 0 aliphatic carbocycles. The number of anilines is 1. The molecule has 0 saturated carbocycles. The van der Waals surface area contributed by atoms with E-state index in [1.54, 1.807) is 36.4 Å². The SMILES string of the molecule is CS(=O)(=O)c1ccccc1-c1ccc(CCNS(=O)(=O)c2cc(C(=N)N)ccc2O)c(NCC(=O)O)c1. The molecular formula is C24H26N4O7S2. The monoisotopic (exact) mass is 546 g/mol. The zero-order valence-electron chi connectivity index (χ0n) is 19.7. The Balaban J connectivity index is 1.89. The van der Waals surface area contributed by atoms with E-state index >= 15 is 0 Å². The summed E-state index contributed by atoms with van der Waals surface area (Å²) in [7, 11) is -7.69. The number of nitrogens with two attached hydrogens (primary N) is 1. The number of phenolic OH excluding ortho intramolecular Hbond substituents is 1. The minimum atomic E-state index is -4.16. The first-order valence-corrected chi connectivity index (χ1v) is 14.2. The Kier molecular flexibility index (Phi) is 8.21. The van der Waals surface area contributed by atoms with Gasteiger partial charge in [0.1, 0.15) is 23.0 Å². The molecule has 0 aliphatic heterocycles. The number of sulfonamides is 1. The molecule has 3 aromatic rings. The average molecular weight is 547 g/mol. The summed E-state index contributed by atoms with van der Waals surface area (Å²) in [6.45, 7) is -0.519. The maximum absolute atomic E-state index is 12.8. The van der Waals surface area contributed by atoms with Gasteiger partial charge in [-0.2, -0.15) is 0 Å². The quantitative estimate of drug-likeness (QED) is 0.153. The molecule has 7 N–H and O–H groups in total. The number of nitrogens with one attached hydrogen (secondary N) is 3. The van der Waals surface area contributed by atoms with Gasteiger partial charge in [0.25, 0.3) is 0 Å². The van der Waals surface area contributed by atoms with Gasteiger partial charge in [-0.3, -0.25) is 10.2 Å². The van der Waals surface area contributed by atoms with E-state index in [1.807, 2.05) is 0 Å². The minimum Gasteiger partial charge on any atom is -0.507 e. The van der Waals surface area contributed by atoms with Gasteiger partial charge < -0.3 is 21.3 Å². The number of carboxylic acids is 1. The Morgan fingerprint density at radius 1 is 1.00 bits per heavy atom. The van der Waals surface area contributed by atoms with Crippen LogP contribution in [0.5, 0.6) is 5.75 Å². The molecule has 0 aliphatic rings. The summed E-state index contributed by atoms with van der Waals surface area (Å²) in [6, 6.07) is 14.9. The molecule has 0 bridgehead atoms.